The maximum absolute atomic E-state index is 4.67. The molecule has 0 heterocycles. The molecule has 0 aliphatic rings. The number of hydrogen-bond acceptors (Lipinski definition) is 3. The summed E-state index contributed by atoms with van der Waals surface area (Å²) in [5.74, 6) is 0. The van der Waals surface area contributed by atoms with Crippen LogP contribution in [0.15, 0.2) is 0 Å². The molecule has 0 aliphatic heterocycles. The van der Waals surface area contributed by atoms with Crippen molar-refractivity contribution in [2.45, 2.75) is 0 Å². The predicted octanol–water partition coefficient (Wildman–Crippen LogP) is 0.0672. The van der Waals surface area contributed by atoms with Crippen LogP contribution in [0.25, 0.3) is 0 Å². The molecule has 0 amide bonds. The zero-order valence-corrected chi connectivity index (χ0v) is 4.66. The summed E-state index contributed by atoms with van der Waals surface area (Å²) < 4.78 is 7.31. The Bertz CT molecular complexity index is 22.8. The molecule has 0 fully saturated rings. The molecule has 0 saturated carbocycles. The molecule has 0 radical (unpaired) electrons. The molecular formula is C3H9NOS. The molecule has 0 atom stereocenters. The van der Waals surface area contributed by atoms with Gasteiger partial charge in [-0.25, -0.2) is 0 Å². The minimum absolute atomic E-state index is 0.726. The maximum Gasteiger partial charge on any atom is 0.0596 e. The van der Waals surface area contributed by atoms with Gasteiger partial charge in [-0.1, -0.05) is 12.8 Å². The van der Waals surface area contributed by atoms with Gasteiger partial charge in [0.15, 0.2) is 0 Å². The molecule has 0 aromatic rings. The average molecular weight is 107 g/mol. The Hall–Kier alpha value is 0.270. The van der Waals surface area contributed by atoms with E-state index in [4.69, 9.17) is 0 Å². The molecule has 0 unspecified atom stereocenters. The van der Waals surface area contributed by atoms with E-state index in [9.17, 15) is 0 Å². The first-order valence-corrected chi connectivity index (χ1v) is 2.22. The predicted molar refractivity (Wildman–Crippen MR) is 28.9 cm³/mol. The van der Waals surface area contributed by atoms with Crippen LogP contribution >= 0.6 is 12.8 Å². The number of hydrogen-bond donors (Lipinski definition) is 2. The van der Waals surface area contributed by atoms with Crippen LogP contribution in [0.3, 0.4) is 0 Å². The number of nitrogens with one attached hydrogen (secondary N) is 1. The second kappa shape index (κ2) is 5.27. The lowest BCUT2D eigenvalue weighted by atomic mass is 10.7. The number of ether oxygens (including phenoxy) is 1. The third kappa shape index (κ3) is 4.27. The maximum atomic E-state index is 4.67. The molecular weight excluding hydrogens is 98.1 g/mol. The van der Waals surface area contributed by atoms with E-state index in [-0.39, 0.29) is 0 Å². The molecule has 0 saturated heterocycles. The highest BCUT2D eigenvalue weighted by molar-refractivity contribution is 7.78. The molecule has 0 aromatic heterocycles. The summed E-state index contributed by atoms with van der Waals surface area (Å²) in [5.41, 5.74) is 0. The lowest BCUT2D eigenvalue weighted by Gasteiger charge is -1.91. The lowest BCUT2D eigenvalue weighted by Crippen LogP contribution is -2.06. The van der Waals surface area contributed by atoms with Gasteiger partial charge in [0.2, 0.25) is 0 Å². The van der Waals surface area contributed by atoms with E-state index in [0.29, 0.717) is 0 Å². The van der Waals surface area contributed by atoms with Crippen LogP contribution in [-0.2, 0) is 4.74 Å². The van der Waals surface area contributed by atoms with E-state index in [1.54, 1.807) is 7.11 Å². The van der Waals surface area contributed by atoms with Crippen molar-refractivity contribution >= 4 is 12.8 Å². The molecule has 0 aliphatic carbocycles. The van der Waals surface area contributed by atoms with Crippen molar-refractivity contribution in [2.24, 2.45) is 0 Å². The van der Waals surface area contributed by atoms with Crippen LogP contribution < -0.4 is 4.72 Å². The molecule has 1 N–H and O–H groups in total. The molecule has 0 spiro atoms. The fourth-order valence-electron chi connectivity index (χ4n) is 0.148. The third-order valence-electron chi connectivity index (χ3n) is 0.418. The molecule has 0 bridgehead atoms. The number of thiol groups is 1. The van der Waals surface area contributed by atoms with Gasteiger partial charge in [-0.05, 0) is 0 Å². The van der Waals surface area contributed by atoms with Crippen LogP contribution in [-0.4, -0.2) is 20.3 Å². The van der Waals surface area contributed by atoms with Gasteiger partial charge in [-0.3, -0.25) is 4.72 Å². The second-order valence-electron chi connectivity index (χ2n) is 0.901. The zero-order valence-electron chi connectivity index (χ0n) is 3.77. The van der Waals surface area contributed by atoms with Gasteiger partial charge >= 0.3 is 0 Å². The van der Waals surface area contributed by atoms with Gasteiger partial charge in [0.1, 0.15) is 0 Å². The Morgan fingerprint density at radius 1 is 1.83 bits per heavy atom. The highest BCUT2D eigenvalue weighted by Gasteiger charge is 1.72. The Kier molecular flexibility index (Phi) is 5.51. The van der Waals surface area contributed by atoms with Crippen LogP contribution in [0.1, 0.15) is 0 Å². The highest BCUT2D eigenvalue weighted by Crippen LogP contribution is 1.62. The standard InChI is InChI=1S/C3H9NOS/c1-5-3-2-4-6/h4,6H,2-3H2,1H3. The summed E-state index contributed by atoms with van der Waals surface area (Å²) >= 11 is 3.72. The molecule has 3 heteroatoms. The first kappa shape index (κ1) is 6.27. The monoisotopic (exact) mass is 107 g/mol. The van der Waals surface area contributed by atoms with Crippen molar-refractivity contribution in [1.82, 2.24) is 4.72 Å². The quantitative estimate of drug-likeness (QED) is 0.393. The van der Waals surface area contributed by atoms with E-state index < -0.39 is 0 Å². The van der Waals surface area contributed by atoms with E-state index in [1.165, 1.54) is 0 Å². The summed E-state index contributed by atoms with van der Waals surface area (Å²) in [5, 5.41) is 0. The van der Waals surface area contributed by atoms with E-state index >= 15 is 0 Å². The Labute approximate surface area is 43.4 Å². The minimum Gasteiger partial charge on any atom is -0.383 e. The second-order valence-corrected chi connectivity index (χ2v) is 1.22. The van der Waals surface area contributed by atoms with Crippen LogP contribution in [0.2, 0.25) is 0 Å². The van der Waals surface area contributed by atoms with E-state index in [0.717, 1.165) is 13.2 Å². The number of methoxy groups -OCH3 is 1. The zero-order chi connectivity index (χ0) is 4.83. The van der Waals surface area contributed by atoms with Crippen molar-refractivity contribution in [3.63, 3.8) is 0 Å². The average Bonchev–Trinajstić information content (AvgIpc) is 1.61. The van der Waals surface area contributed by atoms with Crippen molar-refractivity contribution in [2.75, 3.05) is 20.3 Å². The van der Waals surface area contributed by atoms with Gasteiger partial charge in [0.25, 0.3) is 0 Å². The van der Waals surface area contributed by atoms with E-state index in [1.807, 2.05) is 0 Å². The highest BCUT2D eigenvalue weighted by atomic mass is 32.1. The van der Waals surface area contributed by atoms with Gasteiger partial charge in [-0.15, -0.1) is 0 Å². The summed E-state index contributed by atoms with van der Waals surface area (Å²) in [6.07, 6.45) is 0. The topological polar surface area (TPSA) is 21.3 Å². The lowest BCUT2D eigenvalue weighted by molar-refractivity contribution is 0.205. The van der Waals surface area contributed by atoms with Crippen molar-refractivity contribution in [3.05, 3.63) is 0 Å². The number of rotatable bonds is 3. The summed E-state index contributed by atoms with van der Waals surface area (Å²) in [6.45, 7) is 1.53. The van der Waals surface area contributed by atoms with Crippen LogP contribution in [0, 0.1) is 0 Å². The van der Waals surface area contributed by atoms with Gasteiger partial charge in [0.05, 0.1) is 6.61 Å². The van der Waals surface area contributed by atoms with Crippen molar-refractivity contribution in [1.29, 1.82) is 0 Å². The van der Waals surface area contributed by atoms with E-state index in [2.05, 4.69) is 22.3 Å². The molecule has 0 aromatic carbocycles. The normalized spacial score (nSPS) is 9.00. The van der Waals surface area contributed by atoms with Crippen LogP contribution in [0.4, 0.5) is 0 Å². The summed E-state index contributed by atoms with van der Waals surface area (Å²) in [4.78, 5) is 0. The molecule has 2 nitrogen and oxygen atoms in total. The Morgan fingerprint density at radius 2 is 2.50 bits per heavy atom. The fraction of sp³-hybridized carbons (Fsp3) is 1.00. The first-order chi connectivity index (χ1) is 2.91. The van der Waals surface area contributed by atoms with Gasteiger partial charge in [0, 0.05) is 13.7 Å². The molecule has 38 valence electrons. The van der Waals surface area contributed by atoms with Gasteiger partial charge in [-0.2, -0.15) is 0 Å². The first-order valence-electron chi connectivity index (χ1n) is 1.77. The summed E-state index contributed by atoms with van der Waals surface area (Å²) in [7, 11) is 1.66. The van der Waals surface area contributed by atoms with Crippen molar-refractivity contribution < 1.29 is 4.74 Å². The van der Waals surface area contributed by atoms with Crippen LogP contribution in [0.5, 0.6) is 0 Å². The smallest absolute Gasteiger partial charge is 0.0596 e. The largest absolute Gasteiger partial charge is 0.383 e. The van der Waals surface area contributed by atoms with Gasteiger partial charge < -0.3 is 4.74 Å². The fourth-order valence-corrected chi connectivity index (χ4v) is 0.239. The Balaban J connectivity index is 2.34. The van der Waals surface area contributed by atoms with Crippen molar-refractivity contribution in [3.8, 4) is 0 Å². The molecule has 6 heavy (non-hydrogen) atoms. The SMILES string of the molecule is COCCNS. The minimum atomic E-state index is 0.726. The Morgan fingerprint density at radius 3 is 2.67 bits per heavy atom. The third-order valence-corrected chi connectivity index (χ3v) is 0.642. The summed E-state index contributed by atoms with van der Waals surface area (Å²) in [6, 6.07) is 0. The molecule has 0 rings (SSSR count).